The third kappa shape index (κ3) is 3.61. The SMILES string of the molecule is CCC1CCCCN1C(=O)C(C)Sc1nnc(-c2ccoc2C)n1C. The lowest BCUT2D eigenvalue weighted by molar-refractivity contribution is -0.134. The van der Waals surface area contributed by atoms with Gasteiger partial charge in [0.15, 0.2) is 11.0 Å². The first-order chi connectivity index (χ1) is 12.0. The molecule has 136 valence electrons. The summed E-state index contributed by atoms with van der Waals surface area (Å²) >= 11 is 1.48. The molecule has 0 aromatic carbocycles. The zero-order valence-electron chi connectivity index (χ0n) is 15.4. The van der Waals surface area contributed by atoms with Gasteiger partial charge >= 0.3 is 0 Å². The molecule has 1 aliphatic heterocycles. The molecule has 0 bridgehead atoms. The minimum Gasteiger partial charge on any atom is -0.469 e. The van der Waals surface area contributed by atoms with E-state index in [1.165, 1.54) is 18.2 Å². The highest BCUT2D eigenvalue weighted by atomic mass is 32.2. The maximum atomic E-state index is 12.9. The van der Waals surface area contributed by atoms with Crippen molar-refractivity contribution in [2.45, 2.75) is 62.9 Å². The molecule has 0 radical (unpaired) electrons. The van der Waals surface area contributed by atoms with E-state index in [2.05, 4.69) is 22.0 Å². The number of piperidine rings is 1. The molecular formula is C18H26N4O2S. The Morgan fingerprint density at radius 3 is 2.92 bits per heavy atom. The number of hydrogen-bond donors (Lipinski definition) is 0. The predicted molar refractivity (Wildman–Crippen MR) is 98.4 cm³/mol. The second-order valence-electron chi connectivity index (χ2n) is 6.61. The lowest BCUT2D eigenvalue weighted by atomic mass is 10.00. The number of furan rings is 1. The van der Waals surface area contributed by atoms with E-state index in [4.69, 9.17) is 4.42 Å². The van der Waals surface area contributed by atoms with E-state index >= 15 is 0 Å². The van der Waals surface area contributed by atoms with Crippen molar-refractivity contribution in [1.82, 2.24) is 19.7 Å². The van der Waals surface area contributed by atoms with Gasteiger partial charge in [0.1, 0.15) is 5.76 Å². The molecule has 2 atom stereocenters. The van der Waals surface area contributed by atoms with Crippen LogP contribution in [0.25, 0.3) is 11.4 Å². The van der Waals surface area contributed by atoms with E-state index in [9.17, 15) is 4.79 Å². The number of carbonyl (C=O) groups excluding carboxylic acids is 1. The predicted octanol–water partition coefficient (Wildman–Crippen LogP) is 3.66. The minimum absolute atomic E-state index is 0.173. The van der Waals surface area contributed by atoms with Crippen LogP contribution in [-0.4, -0.2) is 43.4 Å². The first kappa shape index (κ1) is 18.0. The van der Waals surface area contributed by atoms with E-state index in [0.29, 0.717) is 6.04 Å². The molecule has 0 spiro atoms. The van der Waals surface area contributed by atoms with Gasteiger partial charge in [-0.2, -0.15) is 0 Å². The molecule has 3 rings (SSSR count). The number of likely N-dealkylation sites (tertiary alicyclic amines) is 1. The highest BCUT2D eigenvalue weighted by Gasteiger charge is 2.30. The van der Waals surface area contributed by atoms with Gasteiger partial charge < -0.3 is 13.9 Å². The average Bonchev–Trinajstić information content (AvgIpc) is 3.20. The summed E-state index contributed by atoms with van der Waals surface area (Å²) in [6.45, 7) is 6.91. The first-order valence-corrected chi connectivity index (χ1v) is 9.81. The smallest absolute Gasteiger partial charge is 0.236 e. The second-order valence-corrected chi connectivity index (χ2v) is 7.91. The van der Waals surface area contributed by atoms with E-state index in [-0.39, 0.29) is 11.2 Å². The highest BCUT2D eigenvalue weighted by Crippen LogP contribution is 2.30. The molecule has 2 unspecified atom stereocenters. The van der Waals surface area contributed by atoms with Gasteiger partial charge in [-0.1, -0.05) is 18.7 Å². The number of carbonyl (C=O) groups is 1. The molecule has 0 saturated carbocycles. The van der Waals surface area contributed by atoms with Crippen molar-refractivity contribution in [3.8, 4) is 11.4 Å². The number of hydrogen-bond acceptors (Lipinski definition) is 5. The van der Waals surface area contributed by atoms with Gasteiger partial charge in [-0.3, -0.25) is 4.79 Å². The maximum Gasteiger partial charge on any atom is 0.236 e. The average molecular weight is 362 g/mol. The number of aryl methyl sites for hydroxylation is 1. The Kier molecular flexibility index (Phi) is 5.51. The Labute approximate surface area is 153 Å². The number of aromatic nitrogens is 3. The zero-order chi connectivity index (χ0) is 18.0. The Morgan fingerprint density at radius 2 is 2.24 bits per heavy atom. The molecule has 1 amide bonds. The summed E-state index contributed by atoms with van der Waals surface area (Å²) in [4.78, 5) is 15.0. The summed E-state index contributed by atoms with van der Waals surface area (Å²) in [6, 6.07) is 2.27. The van der Waals surface area contributed by atoms with Gasteiger partial charge in [0, 0.05) is 19.6 Å². The van der Waals surface area contributed by atoms with E-state index in [0.717, 1.165) is 48.1 Å². The van der Waals surface area contributed by atoms with Crippen molar-refractivity contribution >= 4 is 17.7 Å². The summed E-state index contributed by atoms with van der Waals surface area (Å²) in [5.41, 5.74) is 0.933. The Bertz CT molecular complexity index is 739. The fourth-order valence-electron chi connectivity index (χ4n) is 3.43. The number of nitrogens with zero attached hydrogens (tertiary/aromatic N) is 4. The summed E-state index contributed by atoms with van der Waals surface area (Å²) in [5.74, 6) is 1.79. The number of amides is 1. The Balaban J connectivity index is 1.73. The second kappa shape index (κ2) is 7.64. The molecule has 1 fully saturated rings. The van der Waals surface area contributed by atoms with Crippen molar-refractivity contribution in [2.24, 2.45) is 7.05 Å². The summed E-state index contributed by atoms with van der Waals surface area (Å²) < 4.78 is 7.29. The fraction of sp³-hybridized carbons (Fsp3) is 0.611. The maximum absolute atomic E-state index is 12.9. The van der Waals surface area contributed by atoms with E-state index < -0.39 is 0 Å². The van der Waals surface area contributed by atoms with Gasteiger partial charge in [-0.25, -0.2) is 0 Å². The monoisotopic (exact) mass is 362 g/mol. The van der Waals surface area contributed by atoms with Crippen molar-refractivity contribution in [2.75, 3.05) is 6.54 Å². The topological polar surface area (TPSA) is 64.2 Å². The van der Waals surface area contributed by atoms with Crippen LogP contribution in [0, 0.1) is 6.92 Å². The molecule has 3 heterocycles. The molecule has 2 aromatic rings. The molecular weight excluding hydrogens is 336 g/mol. The van der Waals surface area contributed by atoms with Crippen LogP contribution in [0.5, 0.6) is 0 Å². The van der Waals surface area contributed by atoms with Crippen LogP contribution >= 0.6 is 11.8 Å². The quantitative estimate of drug-likeness (QED) is 0.760. The summed E-state index contributed by atoms with van der Waals surface area (Å²) in [7, 11) is 1.93. The van der Waals surface area contributed by atoms with Gasteiger partial charge in [0.05, 0.1) is 17.1 Å². The molecule has 2 aromatic heterocycles. The Morgan fingerprint density at radius 1 is 1.44 bits per heavy atom. The van der Waals surface area contributed by atoms with Crippen LogP contribution < -0.4 is 0 Å². The summed E-state index contributed by atoms with van der Waals surface area (Å²) in [5, 5.41) is 9.14. The van der Waals surface area contributed by atoms with Crippen LogP contribution in [-0.2, 0) is 11.8 Å². The molecule has 1 aliphatic rings. The molecule has 7 heteroatoms. The number of thioether (sulfide) groups is 1. The molecule has 1 saturated heterocycles. The third-order valence-electron chi connectivity index (χ3n) is 4.95. The molecule has 0 N–H and O–H groups in total. The lowest BCUT2D eigenvalue weighted by Crippen LogP contribution is -2.46. The van der Waals surface area contributed by atoms with Crippen LogP contribution in [0.2, 0.25) is 0 Å². The van der Waals surface area contributed by atoms with Crippen molar-refractivity contribution < 1.29 is 9.21 Å². The van der Waals surface area contributed by atoms with Gasteiger partial charge in [0.2, 0.25) is 5.91 Å². The van der Waals surface area contributed by atoms with Gasteiger partial charge in [-0.15, -0.1) is 10.2 Å². The first-order valence-electron chi connectivity index (χ1n) is 8.94. The number of rotatable bonds is 5. The molecule has 6 nitrogen and oxygen atoms in total. The largest absolute Gasteiger partial charge is 0.469 e. The zero-order valence-corrected chi connectivity index (χ0v) is 16.2. The van der Waals surface area contributed by atoms with E-state index in [1.807, 2.05) is 31.5 Å². The van der Waals surface area contributed by atoms with Gasteiger partial charge in [0.25, 0.3) is 0 Å². The van der Waals surface area contributed by atoms with Crippen molar-refractivity contribution in [3.05, 3.63) is 18.1 Å². The fourth-order valence-corrected chi connectivity index (χ4v) is 4.31. The van der Waals surface area contributed by atoms with Crippen molar-refractivity contribution in [3.63, 3.8) is 0 Å². The Hall–Kier alpha value is -1.76. The molecule has 0 aliphatic carbocycles. The highest BCUT2D eigenvalue weighted by molar-refractivity contribution is 8.00. The lowest BCUT2D eigenvalue weighted by Gasteiger charge is -2.36. The van der Waals surface area contributed by atoms with Crippen LogP contribution in [0.3, 0.4) is 0 Å². The van der Waals surface area contributed by atoms with Crippen LogP contribution in [0.1, 0.15) is 45.3 Å². The normalized spacial score (nSPS) is 19.2. The third-order valence-corrected chi connectivity index (χ3v) is 6.07. The van der Waals surface area contributed by atoms with E-state index in [1.54, 1.807) is 6.26 Å². The summed E-state index contributed by atoms with van der Waals surface area (Å²) in [6.07, 6.45) is 6.12. The van der Waals surface area contributed by atoms with Crippen LogP contribution in [0.15, 0.2) is 21.9 Å². The standard InChI is InChI=1S/C18H26N4O2S/c1-5-14-8-6-7-10-22(14)17(23)13(3)25-18-20-19-16(21(18)4)15-9-11-24-12(15)2/h9,11,13-14H,5-8,10H2,1-4H3. The van der Waals surface area contributed by atoms with Crippen LogP contribution in [0.4, 0.5) is 0 Å². The minimum atomic E-state index is -0.173. The molecule has 25 heavy (non-hydrogen) atoms. The van der Waals surface area contributed by atoms with Crippen molar-refractivity contribution in [1.29, 1.82) is 0 Å². The van der Waals surface area contributed by atoms with Gasteiger partial charge in [-0.05, 0) is 45.6 Å².